The highest BCUT2D eigenvalue weighted by Crippen LogP contribution is 2.31. The highest BCUT2D eigenvalue weighted by Gasteiger charge is 2.32. The van der Waals surface area contributed by atoms with Crippen molar-refractivity contribution in [2.45, 2.75) is 25.1 Å². The van der Waals surface area contributed by atoms with Crippen molar-refractivity contribution < 1.29 is 28.1 Å². The van der Waals surface area contributed by atoms with Crippen LogP contribution in [0.5, 0.6) is 17.2 Å². The molecule has 0 fully saturated rings. The lowest BCUT2D eigenvalue weighted by Gasteiger charge is -2.18. The van der Waals surface area contributed by atoms with Crippen LogP contribution in [-0.4, -0.2) is 36.9 Å². The number of aliphatic hydroxyl groups is 1. The molecule has 0 unspecified atom stereocenters. The van der Waals surface area contributed by atoms with Crippen molar-refractivity contribution in [2.24, 2.45) is 0 Å². The first-order valence-corrected chi connectivity index (χ1v) is 14.3. The molecule has 0 aliphatic carbocycles. The Morgan fingerprint density at radius 1 is 0.864 bits per heavy atom. The van der Waals surface area contributed by atoms with Gasteiger partial charge in [-0.25, -0.2) is 0 Å². The zero-order valence-electron chi connectivity index (χ0n) is 24.3. The third-order valence-electron chi connectivity index (χ3n) is 7.25. The number of halogens is 2. The maximum absolute atomic E-state index is 14.5. The van der Waals surface area contributed by atoms with E-state index in [2.05, 4.69) is 10.3 Å². The van der Waals surface area contributed by atoms with Gasteiger partial charge in [0, 0.05) is 23.6 Å². The van der Waals surface area contributed by atoms with Gasteiger partial charge < -0.3 is 29.6 Å². The number of aromatic amines is 1. The molecule has 7 nitrogen and oxygen atoms in total. The molecule has 3 N–H and O–H groups in total. The zero-order valence-corrected chi connectivity index (χ0v) is 24.3. The molecular weight excluding hydrogens is 566 g/mol. The van der Waals surface area contributed by atoms with Gasteiger partial charge in [0.05, 0.1) is 18.7 Å². The number of aliphatic hydroxyl groups excluding tert-OH is 1. The topological polar surface area (TPSA) is 92.8 Å². The Morgan fingerprint density at radius 3 is 2.43 bits per heavy atom. The summed E-state index contributed by atoms with van der Waals surface area (Å²) in [6, 6.07) is 28.8. The molecule has 1 aromatic heterocycles. The number of hydrogen-bond donors (Lipinski definition) is 3. The lowest BCUT2D eigenvalue weighted by molar-refractivity contribution is -0.0467. The summed E-state index contributed by atoms with van der Waals surface area (Å²) >= 11 is 0. The summed E-state index contributed by atoms with van der Waals surface area (Å²) in [7, 11) is 1.61. The van der Waals surface area contributed by atoms with Gasteiger partial charge in [0.25, 0.3) is 0 Å². The Morgan fingerprint density at radius 2 is 1.66 bits per heavy atom. The van der Waals surface area contributed by atoms with E-state index in [-0.39, 0.29) is 17.7 Å². The predicted octanol–water partition coefficient (Wildman–Crippen LogP) is 6.15. The van der Waals surface area contributed by atoms with E-state index in [4.69, 9.17) is 14.2 Å². The predicted molar refractivity (Wildman–Crippen MR) is 166 cm³/mol. The van der Waals surface area contributed by atoms with Crippen molar-refractivity contribution in [3.8, 4) is 17.2 Å². The first-order chi connectivity index (χ1) is 21.3. The van der Waals surface area contributed by atoms with E-state index >= 15 is 0 Å². The Kier molecular flexibility index (Phi) is 9.89. The van der Waals surface area contributed by atoms with Crippen LogP contribution >= 0.6 is 0 Å². The summed E-state index contributed by atoms with van der Waals surface area (Å²) in [6.45, 7) is 0.342. The van der Waals surface area contributed by atoms with Gasteiger partial charge in [0.15, 0.2) is 6.61 Å². The zero-order chi connectivity index (χ0) is 30.9. The molecule has 0 aliphatic heterocycles. The van der Waals surface area contributed by atoms with E-state index in [0.29, 0.717) is 47.5 Å². The highest BCUT2D eigenvalue weighted by molar-refractivity contribution is 5.87. The lowest BCUT2D eigenvalue weighted by atomic mass is 10.0. The number of aromatic nitrogens is 1. The number of pyridine rings is 1. The van der Waals surface area contributed by atoms with E-state index < -0.39 is 18.6 Å². The smallest absolute Gasteiger partial charge is 0.306 e. The van der Waals surface area contributed by atoms with Crippen molar-refractivity contribution in [3.05, 3.63) is 136 Å². The molecule has 1 atom stereocenters. The second kappa shape index (κ2) is 14.2. The molecule has 9 heteroatoms. The van der Waals surface area contributed by atoms with E-state index in [9.17, 15) is 18.7 Å². The maximum atomic E-state index is 14.5. The number of benzene rings is 4. The molecule has 0 aliphatic rings. The molecule has 4 aromatic carbocycles. The number of hydrogen-bond acceptors (Lipinski definition) is 6. The summed E-state index contributed by atoms with van der Waals surface area (Å²) in [6.07, 6.45) is -0.250. The third-order valence-corrected chi connectivity index (χ3v) is 7.25. The van der Waals surface area contributed by atoms with Crippen LogP contribution in [0.2, 0.25) is 0 Å². The molecule has 5 rings (SSSR count). The second-order valence-corrected chi connectivity index (χ2v) is 10.4. The summed E-state index contributed by atoms with van der Waals surface area (Å²) in [4.78, 5) is 15.0. The van der Waals surface area contributed by atoms with Gasteiger partial charge >= 0.3 is 5.92 Å². The van der Waals surface area contributed by atoms with Crippen LogP contribution < -0.4 is 25.1 Å². The molecule has 0 bridgehead atoms. The largest absolute Gasteiger partial charge is 0.497 e. The number of H-pyrrole nitrogens is 1. The van der Waals surface area contributed by atoms with E-state index in [1.54, 1.807) is 61.7 Å². The normalized spacial score (nSPS) is 12.2. The van der Waals surface area contributed by atoms with Gasteiger partial charge in [-0.05, 0) is 66.1 Å². The fraction of sp³-hybridized carbons (Fsp3) is 0.229. The van der Waals surface area contributed by atoms with Crippen LogP contribution in [0.4, 0.5) is 8.78 Å². The third kappa shape index (κ3) is 7.80. The van der Waals surface area contributed by atoms with Crippen molar-refractivity contribution in [2.75, 3.05) is 26.8 Å². The summed E-state index contributed by atoms with van der Waals surface area (Å²) in [5, 5.41) is 15.0. The highest BCUT2D eigenvalue weighted by atomic mass is 19.3. The van der Waals surface area contributed by atoms with Crippen LogP contribution in [0.25, 0.3) is 10.9 Å². The molecule has 44 heavy (non-hydrogen) atoms. The van der Waals surface area contributed by atoms with E-state index in [1.165, 1.54) is 18.2 Å². The van der Waals surface area contributed by atoms with Crippen molar-refractivity contribution in [1.82, 2.24) is 10.3 Å². The summed E-state index contributed by atoms with van der Waals surface area (Å²) in [5.74, 6) is -1.48. The number of nitrogens with one attached hydrogen (secondary N) is 2. The first kappa shape index (κ1) is 30.7. The Balaban J connectivity index is 1.16. The average Bonchev–Trinajstić information content (AvgIpc) is 3.05. The Hall–Kier alpha value is -4.73. The summed E-state index contributed by atoms with van der Waals surface area (Å²) < 4.78 is 45.6. The number of rotatable bonds is 14. The van der Waals surface area contributed by atoms with Gasteiger partial charge in [-0.3, -0.25) is 4.79 Å². The first-order valence-electron chi connectivity index (χ1n) is 14.3. The molecular formula is C35H34F2N2O5. The van der Waals surface area contributed by atoms with Crippen LogP contribution in [-0.2, 0) is 19.0 Å². The Labute approximate surface area is 254 Å². The molecule has 0 radical (unpaired) electrons. The quantitative estimate of drug-likeness (QED) is 0.132. The number of fused-ring (bicyclic) bond motifs is 1. The summed E-state index contributed by atoms with van der Waals surface area (Å²) in [5.41, 5.74) is 2.65. The number of ether oxygens (including phenoxy) is 3. The van der Waals surface area contributed by atoms with Gasteiger partial charge in [0.1, 0.15) is 23.9 Å². The second-order valence-electron chi connectivity index (χ2n) is 10.4. The maximum Gasteiger partial charge on any atom is 0.306 e. The molecule has 5 aromatic rings. The van der Waals surface area contributed by atoms with Gasteiger partial charge in [-0.1, -0.05) is 60.7 Å². The SMILES string of the molecule is COc1ccc(COc2ccc([C@@H](O)CNCCc3cccc(OCC(F)(F)c4ccccc4)c3)c3ccc(=O)[nH]c23)cc1. The van der Waals surface area contributed by atoms with E-state index in [1.807, 2.05) is 30.3 Å². The average molecular weight is 601 g/mol. The minimum absolute atomic E-state index is 0.0891. The lowest BCUT2D eigenvalue weighted by Crippen LogP contribution is -2.24. The molecule has 228 valence electrons. The van der Waals surface area contributed by atoms with Crippen LogP contribution in [0, 0.1) is 0 Å². The van der Waals surface area contributed by atoms with Crippen molar-refractivity contribution in [3.63, 3.8) is 0 Å². The molecule has 0 saturated carbocycles. The number of methoxy groups -OCH3 is 1. The number of alkyl halides is 2. The van der Waals surface area contributed by atoms with Crippen LogP contribution in [0.1, 0.15) is 28.4 Å². The van der Waals surface area contributed by atoms with Crippen LogP contribution in [0.3, 0.4) is 0 Å². The standard InChI is InChI=1S/C35H34F2N2O5/c1-42-27-12-10-25(11-13-27)22-43-32-16-14-29(30-15-17-33(41)39-34(30)32)31(40)21-38-19-18-24-6-5-9-28(20-24)44-23-35(36,37)26-7-3-2-4-8-26/h2-17,20,31,38,40H,18-19,21-23H2,1H3,(H,39,41)/t31-/m0/s1. The molecule has 0 saturated heterocycles. The van der Waals surface area contributed by atoms with E-state index in [0.717, 1.165) is 16.9 Å². The Bertz CT molecular complexity index is 1730. The molecule has 1 heterocycles. The van der Waals surface area contributed by atoms with Crippen LogP contribution in [0.15, 0.2) is 108 Å². The minimum Gasteiger partial charge on any atom is -0.497 e. The van der Waals surface area contributed by atoms with Crippen molar-refractivity contribution in [1.29, 1.82) is 0 Å². The van der Waals surface area contributed by atoms with Gasteiger partial charge in [-0.2, -0.15) is 8.78 Å². The molecule has 0 spiro atoms. The van der Waals surface area contributed by atoms with Gasteiger partial charge in [-0.15, -0.1) is 0 Å². The fourth-order valence-electron chi connectivity index (χ4n) is 4.85. The monoisotopic (exact) mass is 600 g/mol. The minimum atomic E-state index is -3.10. The fourth-order valence-corrected chi connectivity index (χ4v) is 4.85. The molecule has 0 amide bonds. The van der Waals surface area contributed by atoms with Gasteiger partial charge in [0.2, 0.25) is 5.56 Å². The van der Waals surface area contributed by atoms with Crippen molar-refractivity contribution >= 4 is 10.9 Å².